The van der Waals surface area contributed by atoms with Gasteiger partial charge >= 0.3 is 0 Å². The van der Waals surface area contributed by atoms with Gasteiger partial charge in [-0.05, 0) is 44.0 Å². The zero-order chi connectivity index (χ0) is 17.5. The largest absolute Gasteiger partial charge is 0.361 e. The second-order valence-electron chi connectivity index (χ2n) is 7.23. The number of nitrogens with zero attached hydrogens (tertiary/aromatic N) is 5. The van der Waals surface area contributed by atoms with Crippen molar-refractivity contribution >= 4 is 16.7 Å². The van der Waals surface area contributed by atoms with Crippen molar-refractivity contribution in [3.63, 3.8) is 0 Å². The number of aromatic amines is 1. The predicted octanol–water partition coefficient (Wildman–Crippen LogP) is 3.29. The van der Waals surface area contributed by atoms with Gasteiger partial charge in [-0.25, -0.2) is 9.50 Å². The molecule has 3 aromatic heterocycles. The van der Waals surface area contributed by atoms with Crippen molar-refractivity contribution in [2.45, 2.75) is 32.2 Å². The summed E-state index contributed by atoms with van der Waals surface area (Å²) in [6.45, 7) is 5.19. The van der Waals surface area contributed by atoms with Crippen LogP contribution in [0.4, 0.5) is 0 Å². The van der Waals surface area contributed by atoms with Crippen LogP contribution in [-0.2, 0) is 6.54 Å². The van der Waals surface area contributed by atoms with E-state index < -0.39 is 0 Å². The summed E-state index contributed by atoms with van der Waals surface area (Å²) in [6, 6.07) is 10.7. The molecule has 4 aromatic rings. The Balaban J connectivity index is 1.42. The summed E-state index contributed by atoms with van der Waals surface area (Å²) in [7, 11) is 0. The first kappa shape index (κ1) is 15.5. The number of hydrogen-bond donors (Lipinski definition) is 1. The Labute approximate surface area is 151 Å². The van der Waals surface area contributed by atoms with E-state index in [1.807, 2.05) is 11.4 Å². The molecule has 0 bridgehead atoms. The number of hydrogen-bond acceptors (Lipinski definition) is 4. The Kier molecular flexibility index (Phi) is 3.71. The van der Waals surface area contributed by atoms with E-state index in [4.69, 9.17) is 0 Å². The lowest BCUT2D eigenvalue weighted by atomic mass is 9.93. The zero-order valence-electron chi connectivity index (χ0n) is 14.9. The SMILES string of the molecule is Cc1cc(C2CCCN(Cc3c[nH]c4ccccc34)C2)n2ncnc2n1. The normalized spacial score (nSPS) is 18.7. The standard InChI is InChI=1S/C20H22N6/c1-14-9-19(26-20(24-14)22-13-23-26)15-5-4-8-25(11-15)12-16-10-21-18-7-3-2-6-17(16)18/h2-3,6-7,9-10,13,15,21H,4-5,8,11-12H2,1H3. The monoisotopic (exact) mass is 346 g/mol. The summed E-state index contributed by atoms with van der Waals surface area (Å²) < 4.78 is 1.91. The second-order valence-corrected chi connectivity index (χ2v) is 7.23. The Morgan fingerprint density at radius 2 is 2.19 bits per heavy atom. The van der Waals surface area contributed by atoms with Crippen LogP contribution in [0.3, 0.4) is 0 Å². The van der Waals surface area contributed by atoms with Crippen LogP contribution in [0.15, 0.2) is 42.9 Å². The van der Waals surface area contributed by atoms with Gasteiger partial charge in [-0.15, -0.1) is 0 Å². The van der Waals surface area contributed by atoms with Crippen LogP contribution in [-0.4, -0.2) is 42.6 Å². The first-order chi connectivity index (χ1) is 12.8. The van der Waals surface area contributed by atoms with Gasteiger partial charge in [0.05, 0.1) is 5.69 Å². The smallest absolute Gasteiger partial charge is 0.252 e. The van der Waals surface area contributed by atoms with Gasteiger partial charge < -0.3 is 4.98 Å². The number of likely N-dealkylation sites (tertiary alicyclic amines) is 1. The lowest BCUT2D eigenvalue weighted by molar-refractivity contribution is 0.198. The van der Waals surface area contributed by atoms with Gasteiger partial charge in [-0.2, -0.15) is 10.1 Å². The molecule has 6 heteroatoms. The highest BCUT2D eigenvalue weighted by Gasteiger charge is 2.25. The predicted molar refractivity (Wildman–Crippen MR) is 101 cm³/mol. The maximum Gasteiger partial charge on any atom is 0.252 e. The van der Waals surface area contributed by atoms with Crippen molar-refractivity contribution in [1.29, 1.82) is 0 Å². The first-order valence-electron chi connectivity index (χ1n) is 9.22. The van der Waals surface area contributed by atoms with Gasteiger partial charge in [-0.1, -0.05) is 18.2 Å². The quantitative estimate of drug-likeness (QED) is 0.618. The van der Waals surface area contributed by atoms with Crippen LogP contribution in [0.2, 0.25) is 0 Å². The van der Waals surface area contributed by atoms with Crippen molar-refractivity contribution < 1.29 is 0 Å². The fourth-order valence-electron chi connectivity index (χ4n) is 4.19. The number of para-hydroxylation sites is 1. The van der Waals surface area contributed by atoms with Crippen molar-refractivity contribution in [2.24, 2.45) is 0 Å². The molecule has 0 aliphatic carbocycles. The third-order valence-electron chi connectivity index (χ3n) is 5.40. The molecule has 1 atom stereocenters. The average molecular weight is 346 g/mol. The summed E-state index contributed by atoms with van der Waals surface area (Å²) in [5, 5.41) is 5.72. The molecular weight excluding hydrogens is 324 g/mol. The minimum atomic E-state index is 0.458. The van der Waals surface area contributed by atoms with Gasteiger partial charge in [-0.3, -0.25) is 4.90 Å². The molecular formula is C20H22N6. The molecule has 1 aromatic carbocycles. The number of aromatic nitrogens is 5. The summed E-state index contributed by atoms with van der Waals surface area (Å²) in [5.41, 5.74) is 4.83. The Morgan fingerprint density at radius 1 is 1.27 bits per heavy atom. The third kappa shape index (κ3) is 2.66. The molecule has 1 aliphatic heterocycles. The van der Waals surface area contributed by atoms with E-state index in [2.05, 4.69) is 61.5 Å². The third-order valence-corrected chi connectivity index (χ3v) is 5.40. The van der Waals surface area contributed by atoms with Crippen molar-refractivity contribution in [2.75, 3.05) is 13.1 Å². The number of piperidine rings is 1. The lowest BCUT2D eigenvalue weighted by Crippen LogP contribution is -2.34. The molecule has 6 nitrogen and oxygen atoms in total. The molecule has 0 spiro atoms. The molecule has 1 fully saturated rings. The van der Waals surface area contributed by atoms with Crippen LogP contribution < -0.4 is 0 Å². The summed E-state index contributed by atoms with van der Waals surface area (Å²) in [4.78, 5) is 14.7. The minimum absolute atomic E-state index is 0.458. The maximum absolute atomic E-state index is 4.48. The molecule has 132 valence electrons. The van der Waals surface area contributed by atoms with Crippen molar-refractivity contribution in [1.82, 2.24) is 29.5 Å². The second kappa shape index (κ2) is 6.21. The van der Waals surface area contributed by atoms with Gasteiger partial charge in [0.15, 0.2) is 0 Å². The molecule has 1 N–H and O–H groups in total. The maximum atomic E-state index is 4.48. The van der Waals surface area contributed by atoms with Gasteiger partial charge in [0.1, 0.15) is 6.33 Å². The van der Waals surface area contributed by atoms with Crippen molar-refractivity contribution in [3.05, 3.63) is 59.8 Å². The molecule has 5 rings (SSSR count). The average Bonchev–Trinajstić information content (AvgIpc) is 3.28. The van der Waals surface area contributed by atoms with Crippen LogP contribution in [0.25, 0.3) is 16.7 Å². The van der Waals surface area contributed by atoms with Crippen LogP contribution in [0.1, 0.15) is 35.7 Å². The van der Waals surface area contributed by atoms with Crippen LogP contribution >= 0.6 is 0 Å². The first-order valence-corrected chi connectivity index (χ1v) is 9.22. The van der Waals surface area contributed by atoms with E-state index in [-0.39, 0.29) is 0 Å². The highest BCUT2D eigenvalue weighted by atomic mass is 15.3. The van der Waals surface area contributed by atoms with Gasteiger partial charge in [0.2, 0.25) is 0 Å². The topological polar surface area (TPSA) is 62.1 Å². The molecule has 1 unspecified atom stereocenters. The van der Waals surface area contributed by atoms with Gasteiger partial charge in [0, 0.05) is 41.8 Å². The van der Waals surface area contributed by atoms with E-state index >= 15 is 0 Å². The summed E-state index contributed by atoms with van der Waals surface area (Å²) >= 11 is 0. The van der Waals surface area contributed by atoms with Gasteiger partial charge in [0.25, 0.3) is 5.78 Å². The van der Waals surface area contributed by atoms with Crippen LogP contribution in [0, 0.1) is 6.92 Å². The summed E-state index contributed by atoms with van der Waals surface area (Å²) in [6.07, 6.45) is 6.13. The molecule has 26 heavy (non-hydrogen) atoms. The van der Waals surface area contributed by atoms with Crippen molar-refractivity contribution in [3.8, 4) is 0 Å². The van der Waals surface area contributed by atoms with E-state index in [1.54, 1.807) is 6.33 Å². The van der Waals surface area contributed by atoms with E-state index in [0.29, 0.717) is 11.7 Å². The highest BCUT2D eigenvalue weighted by molar-refractivity contribution is 5.82. The van der Waals surface area contributed by atoms with E-state index in [9.17, 15) is 0 Å². The number of H-pyrrole nitrogens is 1. The molecule has 0 radical (unpaired) electrons. The molecule has 0 saturated carbocycles. The molecule has 4 heterocycles. The number of aryl methyl sites for hydroxylation is 1. The summed E-state index contributed by atoms with van der Waals surface area (Å²) in [5.74, 6) is 1.16. The van der Waals surface area contributed by atoms with Crippen LogP contribution in [0.5, 0.6) is 0 Å². The number of nitrogens with one attached hydrogen (secondary N) is 1. The zero-order valence-corrected chi connectivity index (χ0v) is 14.9. The highest BCUT2D eigenvalue weighted by Crippen LogP contribution is 2.29. The minimum Gasteiger partial charge on any atom is -0.361 e. The molecule has 1 saturated heterocycles. The number of fused-ring (bicyclic) bond motifs is 2. The fourth-order valence-corrected chi connectivity index (χ4v) is 4.19. The lowest BCUT2D eigenvalue weighted by Gasteiger charge is -2.32. The number of rotatable bonds is 3. The Hall–Kier alpha value is -2.73. The molecule has 1 aliphatic rings. The number of benzene rings is 1. The van der Waals surface area contributed by atoms with E-state index in [1.165, 1.54) is 35.0 Å². The molecule has 0 amide bonds. The van der Waals surface area contributed by atoms with E-state index in [0.717, 1.165) is 25.3 Å². The Bertz CT molecular complexity index is 1060. The fraction of sp³-hybridized carbons (Fsp3) is 0.350. The Morgan fingerprint density at radius 3 is 3.15 bits per heavy atom.